The van der Waals surface area contributed by atoms with Crippen LogP contribution in [-0.2, 0) is 6.42 Å². The van der Waals surface area contributed by atoms with Crippen LogP contribution in [0.1, 0.15) is 54.3 Å². The molecule has 192 valence electrons. The first kappa shape index (κ1) is 26.4. The summed E-state index contributed by atoms with van der Waals surface area (Å²) in [6, 6.07) is 26.6. The molecular formula is C32H38N3O2+. The summed E-state index contributed by atoms with van der Waals surface area (Å²) >= 11 is 0. The van der Waals surface area contributed by atoms with Crippen LogP contribution in [0.25, 0.3) is 21.9 Å². The molecule has 4 rings (SSSR count). The van der Waals surface area contributed by atoms with Gasteiger partial charge in [0.25, 0.3) is 0 Å². The Kier molecular flexibility index (Phi) is 8.24. The number of fused-ring (bicyclic) bond motifs is 1. The maximum atomic E-state index is 11.9. The summed E-state index contributed by atoms with van der Waals surface area (Å²) in [6.45, 7) is 5.77. The molecule has 0 saturated carbocycles. The maximum Gasteiger partial charge on any atom is 0.248 e. The standard InChI is InChI=1S/C32H37N3O2/c1-5-6-15-27-21-25-14-10-11-16-29(25)32(34-27)37-20-19-35(3,4)23(2)28-18-17-26(31(33)36)22-30(28)24-12-8-7-9-13-24/h7-14,16-18,21-23H,5-6,15,19-20H2,1-4H3,(H-,33,36)/p+1/t23-/m0/s1. The van der Waals surface area contributed by atoms with Gasteiger partial charge >= 0.3 is 0 Å². The van der Waals surface area contributed by atoms with Crippen LogP contribution in [0.3, 0.4) is 0 Å². The first-order valence-corrected chi connectivity index (χ1v) is 13.1. The summed E-state index contributed by atoms with van der Waals surface area (Å²) < 4.78 is 7.05. The van der Waals surface area contributed by atoms with Crippen LogP contribution < -0.4 is 10.5 Å². The number of aryl methyl sites for hydroxylation is 1. The van der Waals surface area contributed by atoms with Gasteiger partial charge in [0, 0.05) is 22.2 Å². The number of quaternary nitrogens is 1. The highest BCUT2D eigenvalue weighted by Gasteiger charge is 2.28. The molecule has 1 heterocycles. The van der Waals surface area contributed by atoms with Gasteiger partial charge in [0.15, 0.2) is 0 Å². The van der Waals surface area contributed by atoms with Crippen molar-refractivity contribution >= 4 is 16.7 Å². The fourth-order valence-corrected chi connectivity index (χ4v) is 4.71. The summed E-state index contributed by atoms with van der Waals surface area (Å²) in [5, 5.41) is 2.22. The van der Waals surface area contributed by atoms with Crippen molar-refractivity contribution in [3.8, 4) is 17.0 Å². The predicted octanol–water partition coefficient (Wildman–Crippen LogP) is 6.56. The smallest absolute Gasteiger partial charge is 0.248 e. The van der Waals surface area contributed by atoms with Gasteiger partial charge < -0.3 is 15.0 Å². The summed E-state index contributed by atoms with van der Waals surface area (Å²) in [6.07, 6.45) is 3.21. The lowest BCUT2D eigenvalue weighted by Gasteiger charge is -2.37. The lowest BCUT2D eigenvalue weighted by atomic mass is 9.92. The number of primary amides is 1. The lowest BCUT2D eigenvalue weighted by Crippen LogP contribution is -2.45. The van der Waals surface area contributed by atoms with E-state index < -0.39 is 5.91 Å². The highest BCUT2D eigenvalue weighted by atomic mass is 16.5. The van der Waals surface area contributed by atoms with E-state index in [4.69, 9.17) is 15.5 Å². The third-order valence-corrected chi connectivity index (χ3v) is 7.37. The number of unbranched alkanes of at least 4 members (excludes halogenated alkanes) is 1. The summed E-state index contributed by atoms with van der Waals surface area (Å²) in [5.74, 6) is 0.298. The van der Waals surface area contributed by atoms with Crippen molar-refractivity contribution in [2.75, 3.05) is 27.2 Å². The van der Waals surface area contributed by atoms with E-state index in [1.54, 1.807) is 0 Å². The number of ether oxygens (including phenoxy) is 1. The molecule has 2 N–H and O–H groups in total. The van der Waals surface area contributed by atoms with Crippen molar-refractivity contribution in [2.45, 2.75) is 39.2 Å². The molecule has 0 radical (unpaired) electrons. The van der Waals surface area contributed by atoms with Gasteiger partial charge in [0.05, 0.1) is 14.1 Å². The second-order valence-electron chi connectivity index (χ2n) is 10.3. The van der Waals surface area contributed by atoms with Gasteiger partial charge in [-0.1, -0.05) is 67.9 Å². The van der Waals surface area contributed by atoms with E-state index in [0.29, 0.717) is 22.5 Å². The summed E-state index contributed by atoms with van der Waals surface area (Å²) in [5.41, 5.74) is 10.5. The molecule has 0 aliphatic heterocycles. The zero-order chi connectivity index (χ0) is 26.4. The van der Waals surface area contributed by atoms with E-state index in [1.807, 2.05) is 42.5 Å². The fourth-order valence-electron chi connectivity index (χ4n) is 4.71. The number of nitrogens with two attached hydrogens (primary N) is 1. The van der Waals surface area contributed by atoms with Crippen molar-refractivity contribution in [3.05, 3.63) is 95.7 Å². The average Bonchev–Trinajstić information content (AvgIpc) is 2.91. The lowest BCUT2D eigenvalue weighted by molar-refractivity contribution is -0.919. The van der Waals surface area contributed by atoms with E-state index >= 15 is 0 Å². The topological polar surface area (TPSA) is 65.2 Å². The van der Waals surface area contributed by atoms with Gasteiger partial charge in [0.1, 0.15) is 19.2 Å². The van der Waals surface area contributed by atoms with Crippen molar-refractivity contribution in [1.29, 1.82) is 0 Å². The zero-order valence-corrected chi connectivity index (χ0v) is 22.4. The molecule has 0 unspecified atom stereocenters. The molecule has 1 atom stereocenters. The first-order chi connectivity index (χ1) is 17.8. The molecule has 0 aliphatic rings. The molecule has 0 bridgehead atoms. The normalized spacial score (nSPS) is 12.4. The number of likely N-dealkylation sites (N-methyl/N-ethyl adjacent to an activating group) is 1. The van der Waals surface area contributed by atoms with Crippen molar-refractivity contribution in [1.82, 2.24) is 4.98 Å². The van der Waals surface area contributed by atoms with Crippen LogP contribution in [0.2, 0.25) is 0 Å². The van der Waals surface area contributed by atoms with Gasteiger partial charge in [-0.3, -0.25) is 4.79 Å². The Labute approximate surface area is 220 Å². The molecule has 0 aliphatic carbocycles. The van der Waals surface area contributed by atoms with E-state index in [2.05, 4.69) is 64.3 Å². The van der Waals surface area contributed by atoms with Gasteiger partial charge in [-0.2, -0.15) is 0 Å². The number of rotatable bonds is 11. The van der Waals surface area contributed by atoms with Crippen molar-refractivity contribution < 1.29 is 14.0 Å². The quantitative estimate of drug-likeness (QED) is 0.239. The highest BCUT2D eigenvalue weighted by molar-refractivity contribution is 5.94. The summed E-state index contributed by atoms with van der Waals surface area (Å²) in [7, 11) is 4.43. The molecule has 37 heavy (non-hydrogen) atoms. The van der Waals surface area contributed by atoms with Gasteiger partial charge in [-0.05, 0) is 60.5 Å². The third kappa shape index (κ3) is 6.17. The Morgan fingerprint density at radius 3 is 2.46 bits per heavy atom. The van der Waals surface area contributed by atoms with Crippen LogP contribution in [0.15, 0.2) is 78.9 Å². The Balaban J connectivity index is 1.56. The number of nitrogens with zero attached hydrogens (tertiary/aromatic N) is 2. The van der Waals surface area contributed by atoms with Crippen LogP contribution in [0.4, 0.5) is 0 Å². The second-order valence-corrected chi connectivity index (χ2v) is 10.3. The molecule has 4 aromatic rings. The molecule has 0 spiro atoms. The van der Waals surface area contributed by atoms with Gasteiger partial charge in [0.2, 0.25) is 11.8 Å². The Bertz CT molecular complexity index is 1370. The average molecular weight is 497 g/mol. The van der Waals surface area contributed by atoms with Crippen molar-refractivity contribution in [2.24, 2.45) is 5.73 Å². The Hall–Kier alpha value is -3.70. The van der Waals surface area contributed by atoms with Crippen LogP contribution in [0.5, 0.6) is 5.88 Å². The third-order valence-electron chi connectivity index (χ3n) is 7.37. The number of amides is 1. The number of carbonyl (C=O) groups is 1. The van der Waals surface area contributed by atoms with Crippen LogP contribution >= 0.6 is 0 Å². The minimum absolute atomic E-state index is 0.154. The van der Waals surface area contributed by atoms with E-state index in [9.17, 15) is 4.79 Å². The Morgan fingerprint density at radius 1 is 1.00 bits per heavy atom. The predicted molar refractivity (Wildman–Crippen MR) is 152 cm³/mol. The van der Waals surface area contributed by atoms with Crippen LogP contribution in [-0.4, -0.2) is 42.6 Å². The molecule has 1 amide bonds. The molecule has 0 fully saturated rings. The van der Waals surface area contributed by atoms with Gasteiger partial charge in [-0.25, -0.2) is 4.98 Å². The monoisotopic (exact) mass is 496 g/mol. The van der Waals surface area contributed by atoms with E-state index in [-0.39, 0.29) is 6.04 Å². The number of carbonyl (C=O) groups excluding carboxylic acids is 1. The molecule has 5 heteroatoms. The number of hydrogen-bond acceptors (Lipinski definition) is 3. The summed E-state index contributed by atoms with van der Waals surface area (Å²) in [4.78, 5) is 16.8. The molecular weight excluding hydrogens is 458 g/mol. The minimum atomic E-state index is -0.417. The van der Waals surface area contributed by atoms with Crippen molar-refractivity contribution in [3.63, 3.8) is 0 Å². The number of aromatic nitrogens is 1. The van der Waals surface area contributed by atoms with E-state index in [0.717, 1.165) is 48.0 Å². The largest absolute Gasteiger partial charge is 0.471 e. The molecule has 0 saturated heterocycles. The highest BCUT2D eigenvalue weighted by Crippen LogP contribution is 2.34. The van der Waals surface area contributed by atoms with E-state index in [1.165, 1.54) is 10.9 Å². The fraction of sp³-hybridized carbons (Fsp3) is 0.312. The Morgan fingerprint density at radius 2 is 1.73 bits per heavy atom. The first-order valence-electron chi connectivity index (χ1n) is 13.1. The second kappa shape index (κ2) is 11.6. The molecule has 1 aromatic heterocycles. The minimum Gasteiger partial charge on any atom is -0.471 e. The van der Waals surface area contributed by atoms with Crippen LogP contribution in [0, 0.1) is 0 Å². The number of hydrogen-bond donors (Lipinski definition) is 1. The number of pyridine rings is 1. The maximum absolute atomic E-state index is 11.9. The molecule has 5 nitrogen and oxygen atoms in total. The van der Waals surface area contributed by atoms with Gasteiger partial charge in [-0.15, -0.1) is 0 Å². The molecule has 3 aromatic carbocycles. The SMILES string of the molecule is CCCCc1cc2ccccc2c(OCC[N+](C)(C)[C@@H](C)c2ccc(C(N)=O)cc2-c2ccccc2)n1. The number of benzene rings is 3. The zero-order valence-electron chi connectivity index (χ0n) is 22.4.